The van der Waals surface area contributed by atoms with E-state index in [1.165, 1.54) is 39.2 Å². The summed E-state index contributed by atoms with van der Waals surface area (Å²) in [6, 6.07) is 4.26. The number of aromatic carboxylic acids is 1. The van der Waals surface area contributed by atoms with Crippen LogP contribution in [0.2, 0.25) is 0 Å². The molecule has 7 nitrogen and oxygen atoms in total. The van der Waals surface area contributed by atoms with Gasteiger partial charge in [-0.05, 0) is 31.5 Å². The molecule has 0 radical (unpaired) electrons. The van der Waals surface area contributed by atoms with Gasteiger partial charge in [-0.15, -0.1) is 0 Å². The first kappa shape index (κ1) is 15.3. The number of sulfonamides is 1. The van der Waals surface area contributed by atoms with Gasteiger partial charge in [-0.3, -0.25) is 4.79 Å². The van der Waals surface area contributed by atoms with E-state index < -0.39 is 26.6 Å². The second-order valence-corrected chi connectivity index (χ2v) is 7.58. The predicted molar refractivity (Wildman–Crippen MR) is 73.5 cm³/mol. The van der Waals surface area contributed by atoms with Crippen molar-refractivity contribution < 1.29 is 27.9 Å². The van der Waals surface area contributed by atoms with Gasteiger partial charge in [0.15, 0.2) is 4.75 Å². The monoisotopic (exact) mass is 313 g/mol. The summed E-state index contributed by atoms with van der Waals surface area (Å²) in [5.41, 5.74) is 0.320. The maximum absolute atomic E-state index is 12.0. The molecule has 1 aromatic rings. The molecule has 1 amide bonds. The molecule has 114 valence electrons. The fourth-order valence-electron chi connectivity index (χ4n) is 2.10. The Labute approximate surface area is 122 Å². The highest BCUT2D eigenvalue weighted by molar-refractivity contribution is 7.94. The van der Waals surface area contributed by atoms with Crippen LogP contribution >= 0.6 is 0 Å². The largest absolute Gasteiger partial charge is 0.496 e. The van der Waals surface area contributed by atoms with Crippen molar-refractivity contribution in [1.29, 1.82) is 0 Å². The predicted octanol–water partition coefficient (Wildman–Crippen LogP) is 0.844. The molecule has 0 aromatic heterocycles. The number of nitrogens with zero attached hydrogens (tertiary/aromatic N) is 1. The van der Waals surface area contributed by atoms with Crippen molar-refractivity contribution in [3.63, 3.8) is 0 Å². The van der Waals surface area contributed by atoms with Crippen LogP contribution < -0.4 is 4.74 Å². The van der Waals surface area contributed by atoms with E-state index in [0.29, 0.717) is 5.56 Å². The molecule has 1 saturated heterocycles. The fraction of sp³-hybridized carbons (Fsp3) is 0.385. The lowest BCUT2D eigenvalue weighted by atomic mass is 10.1. The molecule has 2 rings (SSSR count). The van der Waals surface area contributed by atoms with Gasteiger partial charge in [-0.2, -0.15) is 0 Å². The van der Waals surface area contributed by atoms with Crippen LogP contribution in [0.4, 0.5) is 0 Å². The second kappa shape index (κ2) is 4.73. The number of carboxylic acid groups (broad SMARTS) is 1. The number of ether oxygens (including phenoxy) is 1. The van der Waals surface area contributed by atoms with Crippen molar-refractivity contribution >= 4 is 21.9 Å². The van der Waals surface area contributed by atoms with E-state index in [2.05, 4.69) is 0 Å². The maximum atomic E-state index is 12.0. The Bertz CT molecular complexity index is 722. The van der Waals surface area contributed by atoms with Crippen LogP contribution in [-0.4, -0.2) is 41.6 Å². The fourth-order valence-corrected chi connectivity index (χ4v) is 3.61. The number of methoxy groups -OCH3 is 1. The molecule has 0 aliphatic carbocycles. The maximum Gasteiger partial charge on any atom is 0.339 e. The number of benzene rings is 1. The van der Waals surface area contributed by atoms with E-state index in [-0.39, 0.29) is 17.9 Å². The number of hydrogen-bond donors (Lipinski definition) is 1. The first-order chi connectivity index (χ1) is 9.62. The van der Waals surface area contributed by atoms with Gasteiger partial charge in [0, 0.05) is 0 Å². The standard InChI is InChI=1S/C13H15NO6S/c1-13(2)12(17)14(21(13,18)19)7-8-4-5-10(20-3)9(6-8)11(15)16/h4-6H,7H2,1-3H3,(H,15,16). The summed E-state index contributed by atoms with van der Waals surface area (Å²) >= 11 is 0. The first-order valence-electron chi connectivity index (χ1n) is 6.10. The molecule has 0 bridgehead atoms. The van der Waals surface area contributed by atoms with E-state index >= 15 is 0 Å². The van der Waals surface area contributed by atoms with Crippen LogP contribution in [0.25, 0.3) is 0 Å². The van der Waals surface area contributed by atoms with E-state index in [1.54, 1.807) is 0 Å². The molecule has 1 fully saturated rings. The molecule has 8 heteroatoms. The molecule has 0 spiro atoms. The molecule has 21 heavy (non-hydrogen) atoms. The van der Waals surface area contributed by atoms with Crippen molar-refractivity contribution in [2.24, 2.45) is 0 Å². The summed E-state index contributed by atoms with van der Waals surface area (Å²) < 4.78 is 28.2. The van der Waals surface area contributed by atoms with E-state index in [9.17, 15) is 18.0 Å². The Morgan fingerprint density at radius 1 is 1.38 bits per heavy atom. The van der Waals surface area contributed by atoms with Gasteiger partial charge >= 0.3 is 5.97 Å². The molecule has 0 unspecified atom stereocenters. The van der Waals surface area contributed by atoms with Crippen molar-refractivity contribution in [3.8, 4) is 5.75 Å². The molecule has 1 heterocycles. The first-order valence-corrected chi connectivity index (χ1v) is 7.54. The normalized spacial score (nSPS) is 19.0. The average Bonchev–Trinajstić information content (AvgIpc) is 2.43. The third-order valence-corrected chi connectivity index (χ3v) is 5.84. The summed E-state index contributed by atoms with van der Waals surface area (Å²) in [4.78, 5) is 23.0. The third-order valence-electron chi connectivity index (χ3n) is 3.50. The number of carboxylic acids is 1. The smallest absolute Gasteiger partial charge is 0.339 e. The lowest BCUT2D eigenvalue weighted by Crippen LogP contribution is -2.66. The zero-order valence-corrected chi connectivity index (χ0v) is 12.6. The Hall–Kier alpha value is -2.09. The van der Waals surface area contributed by atoms with Crippen LogP contribution in [0, 0.1) is 0 Å². The number of amides is 1. The highest BCUT2D eigenvalue weighted by Gasteiger charge is 2.59. The van der Waals surface area contributed by atoms with Gasteiger partial charge in [-0.25, -0.2) is 17.5 Å². The Kier molecular flexibility index (Phi) is 3.45. The van der Waals surface area contributed by atoms with Crippen LogP contribution in [0.15, 0.2) is 18.2 Å². The number of carbonyl (C=O) groups excluding carboxylic acids is 1. The van der Waals surface area contributed by atoms with E-state index in [1.807, 2.05) is 0 Å². The minimum Gasteiger partial charge on any atom is -0.496 e. The third kappa shape index (κ3) is 2.15. The van der Waals surface area contributed by atoms with Gasteiger partial charge in [0.05, 0.1) is 13.7 Å². The average molecular weight is 313 g/mol. The number of hydrogen-bond acceptors (Lipinski definition) is 5. The van der Waals surface area contributed by atoms with E-state index in [0.717, 1.165) is 4.31 Å². The Morgan fingerprint density at radius 2 is 2.00 bits per heavy atom. The number of carbonyl (C=O) groups is 2. The van der Waals surface area contributed by atoms with Gasteiger partial charge in [-0.1, -0.05) is 6.07 Å². The summed E-state index contributed by atoms with van der Waals surface area (Å²) in [6.45, 7) is 2.50. The number of rotatable bonds is 4. The molecular weight excluding hydrogens is 298 g/mol. The van der Waals surface area contributed by atoms with Gasteiger partial charge in [0.1, 0.15) is 11.3 Å². The van der Waals surface area contributed by atoms with Crippen LogP contribution in [0.3, 0.4) is 0 Å². The Morgan fingerprint density at radius 3 is 2.48 bits per heavy atom. The quantitative estimate of drug-likeness (QED) is 0.884. The van der Waals surface area contributed by atoms with Gasteiger partial charge in [0.2, 0.25) is 0 Å². The lowest BCUT2D eigenvalue weighted by Gasteiger charge is -2.43. The molecular formula is C13H15NO6S. The highest BCUT2D eigenvalue weighted by Crippen LogP contribution is 2.36. The minimum absolute atomic E-state index is 0.0837. The zero-order chi connectivity index (χ0) is 16.0. The second-order valence-electron chi connectivity index (χ2n) is 5.17. The zero-order valence-electron chi connectivity index (χ0n) is 11.8. The lowest BCUT2D eigenvalue weighted by molar-refractivity contribution is -0.132. The minimum atomic E-state index is -3.69. The molecule has 1 aliphatic rings. The Balaban J connectivity index is 2.32. The summed E-state index contributed by atoms with van der Waals surface area (Å²) in [5, 5.41) is 9.09. The van der Waals surface area contributed by atoms with Crippen molar-refractivity contribution in [3.05, 3.63) is 29.3 Å². The highest BCUT2D eigenvalue weighted by atomic mass is 32.2. The topological polar surface area (TPSA) is 101 Å². The van der Waals surface area contributed by atoms with Crippen LogP contribution in [-0.2, 0) is 21.4 Å². The molecule has 1 aliphatic heterocycles. The van der Waals surface area contributed by atoms with Crippen molar-refractivity contribution in [2.45, 2.75) is 25.1 Å². The SMILES string of the molecule is COc1ccc(CN2C(=O)C(C)(C)S2(=O)=O)cc1C(=O)O. The van der Waals surface area contributed by atoms with Crippen LogP contribution in [0.5, 0.6) is 5.75 Å². The van der Waals surface area contributed by atoms with Crippen LogP contribution in [0.1, 0.15) is 29.8 Å². The molecule has 1 N–H and O–H groups in total. The molecule has 1 aromatic carbocycles. The molecule has 0 saturated carbocycles. The molecule has 0 atom stereocenters. The summed E-state index contributed by atoms with van der Waals surface area (Å²) in [5.74, 6) is -1.52. The summed E-state index contributed by atoms with van der Waals surface area (Å²) in [6.07, 6.45) is 0. The van der Waals surface area contributed by atoms with Crippen molar-refractivity contribution in [1.82, 2.24) is 4.31 Å². The summed E-state index contributed by atoms with van der Waals surface area (Å²) in [7, 11) is -2.35. The van der Waals surface area contributed by atoms with Crippen molar-refractivity contribution in [2.75, 3.05) is 7.11 Å². The van der Waals surface area contributed by atoms with Gasteiger partial charge in [0.25, 0.3) is 15.9 Å². The van der Waals surface area contributed by atoms with Gasteiger partial charge < -0.3 is 9.84 Å². The van der Waals surface area contributed by atoms with E-state index in [4.69, 9.17) is 9.84 Å².